The lowest BCUT2D eigenvalue weighted by Gasteiger charge is -2.09. The number of nitrogens with zero attached hydrogens (tertiary/aromatic N) is 1. The summed E-state index contributed by atoms with van der Waals surface area (Å²) in [7, 11) is 1.65. The minimum absolute atomic E-state index is 0.465. The number of hydrogen-bond acceptors (Lipinski definition) is 5. The molecule has 0 bridgehead atoms. The maximum absolute atomic E-state index is 5.52. The van der Waals surface area contributed by atoms with E-state index in [1.165, 1.54) is 0 Å². The summed E-state index contributed by atoms with van der Waals surface area (Å²) in [6.07, 6.45) is 1.72. The second-order valence-electron chi connectivity index (χ2n) is 3.81. The Balaban J connectivity index is 2.03. The lowest BCUT2D eigenvalue weighted by atomic mass is 10.3. The van der Waals surface area contributed by atoms with Crippen LogP contribution in [0.3, 0.4) is 0 Å². The molecule has 1 aromatic rings. The molecule has 0 saturated carbocycles. The largest absolute Gasteiger partial charge is 0.474 e. The third-order valence-corrected chi connectivity index (χ3v) is 3.29. The number of aromatic nitrogens is 1. The Morgan fingerprint density at radius 2 is 1.68 bits per heavy atom. The number of halogens is 1. The summed E-state index contributed by atoms with van der Waals surface area (Å²) in [5.41, 5.74) is 1.09. The molecule has 0 aliphatic rings. The highest BCUT2D eigenvalue weighted by molar-refractivity contribution is 9.10. The van der Waals surface area contributed by atoms with E-state index >= 15 is 0 Å². The average molecular weight is 334 g/mol. The number of methoxy groups -OCH3 is 1. The Morgan fingerprint density at radius 1 is 1.05 bits per heavy atom. The summed E-state index contributed by atoms with van der Waals surface area (Å²) in [6, 6.07) is 1.92. The van der Waals surface area contributed by atoms with Gasteiger partial charge in [-0.25, -0.2) is 4.98 Å². The van der Waals surface area contributed by atoms with Crippen molar-refractivity contribution in [2.24, 2.45) is 0 Å². The van der Waals surface area contributed by atoms with Gasteiger partial charge in [-0.15, -0.1) is 0 Å². The molecule has 0 unspecified atom stereocenters. The van der Waals surface area contributed by atoms with E-state index in [-0.39, 0.29) is 0 Å². The highest BCUT2D eigenvalue weighted by atomic mass is 79.9. The predicted molar refractivity (Wildman–Crippen MR) is 75.7 cm³/mol. The molecular formula is C13H20BrNO4. The van der Waals surface area contributed by atoms with E-state index in [0.717, 1.165) is 10.0 Å². The topological polar surface area (TPSA) is 49.8 Å². The van der Waals surface area contributed by atoms with Crippen LogP contribution in [0.15, 0.2) is 16.7 Å². The van der Waals surface area contributed by atoms with E-state index in [4.69, 9.17) is 18.9 Å². The molecule has 0 aliphatic heterocycles. The highest BCUT2D eigenvalue weighted by Gasteiger charge is 2.04. The van der Waals surface area contributed by atoms with Gasteiger partial charge in [-0.05, 0) is 34.5 Å². The Morgan fingerprint density at radius 3 is 2.37 bits per heavy atom. The van der Waals surface area contributed by atoms with E-state index in [1.807, 2.05) is 13.0 Å². The monoisotopic (exact) mass is 333 g/mol. The van der Waals surface area contributed by atoms with Gasteiger partial charge in [0.1, 0.15) is 6.61 Å². The van der Waals surface area contributed by atoms with Crippen LogP contribution in [0.1, 0.15) is 5.56 Å². The smallest absolute Gasteiger partial charge is 0.228 e. The minimum Gasteiger partial charge on any atom is -0.474 e. The van der Waals surface area contributed by atoms with Crippen molar-refractivity contribution in [3.63, 3.8) is 0 Å². The third kappa shape index (κ3) is 6.87. The molecule has 19 heavy (non-hydrogen) atoms. The third-order valence-electron chi connectivity index (χ3n) is 2.32. The van der Waals surface area contributed by atoms with E-state index in [1.54, 1.807) is 13.3 Å². The molecule has 1 rings (SSSR count). The summed E-state index contributed by atoms with van der Waals surface area (Å²) in [6.45, 7) is 5.28. The molecule has 108 valence electrons. The van der Waals surface area contributed by atoms with Crippen LogP contribution in [0.5, 0.6) is 5.88 Å². The van der Waals surface area contributed by atoms with Crippen LogP contribution in [0.2, 0.25) is 0 Å². The van der Waals surface area contributed by atoms with Crippen LogP contribution >= 0.6 is 15.9 Å². The molecule has 0 spiro atoms. The van der Waals surface area contributed by atoms with Gasteiger partial charge >= 0.3 is 0 Å². The lowest BCUT2D eigenvalue weighted by molar-refractivity contribution is 0.0176. The van der Waals surface area contributed by atoms with Crippen molar-refractivity contribution in [1.29, 1.82) is 0 Å². The molecule has 0 fully saturated rings. The quantitative estimate of drug-likeness (QED) is 0.614. The molecule has 6 heteroatoms. The lowest BCUT2D eigenvalue weighted by Crippen LogP contribution is -2.12. The predicted octanol–water partition coefficient (Wildman–Crippen LogP) is 2.21. The Labute approximate surface area is 122 Å². The maximum atomic E-state index is 5.52. The van der Waals surface area contributed by atoms with Gasteiger partial charge in [0, 0.05) is 13.3 Å². The Kier molecular flexibility index (Phi) is 8.73. The summed E-state index contributed by atoms with van der Waals surface area (Å²) < 4.78 is 21.9. The van der Waals surface area contributed by atoms with Gasteiger partial charge in [-0.3, -0.25) is 0 Å². The fraction of sp³-hybridized carbons (Fsp3) is 0.615. The van der Waals surface area contributed by atoms with E-state index in [2.05, 4.69) is 20.9 Å². The van der Waals surface area contributed by atoms with Crippen LogP contribution in [0.25, 0.3) is 0 Å². The highest BCUT2D eigenvalue weighted by Crippen LogP contribution is 2.25. The van der Waals surface area contributed by atoms with E-state index in [0.29, 0.717) is 45.5 Å². The van der Waals surface area contributed by atoms with Gasteiger partial charge in [0.25, 0.3) is 0 Å². The minimum atomic E-state index is 0.465. The summed E-state index contributed by atoms with van der Waals surface area (Å²) in [4.78, 5) is 4.14. The van der Waals surface area contributed by atoms with Gasteiger partial charge in [-0.2, -0.15) is 0 Å². The average Bonchev–Trinajstić information content (AvgIpc) is 2.41. The van der Waals surface area contributed by atoms with Crippen LogP contribution < -0.4 is 4.74 Å². The van der Waals surface area contributed by atoms with Gasteiger partial charge < -0.3 is 18.9 Å². The number of hydrogen-bond donors (Lipinski definition) is 0. The van der Waals surface area contributed by atoms with Crippen LogP contribution in [0, 0.1) is 6.92 Å². The second kappa shape index (κ2) is 10.1. The zero-order valence-corrected chi connectivity index (χ0v) is 12.9. The van der Waals surface area contributed by atoms with E-state index < -0.39 is 0 Å². The molecule has 0 N–H and O–H groups in total. The molecule has 0 saturated heterocycles. The molecule has 0 aromatic carbocycles. The molecule has 1 heterocycles. The SMILES string of the molecule is COCCOCCOCCOc1nccc(C)c1Br. The van der Waals surface area contributed by atoms with Gasteiger partial charge in [-0.1, -0.05) is 0 Å². The van der Waals surface area contributed by atoms with Crippen LogP contribution in [-0.4, -0.2) is 51.7 Å². The fourth-order valence-corrected chi connectivity index (χ4v) is 1.63. The Bertz CT molecular complexity index is 362. The summed E-state index contributed by atoms with van der Waals surface area (Å²) in [5.74, 6) is 0.597. The second-order valence-corrected chi connectivity index (χ2v) is 4.61. The first-order chi connectivity index (χ1) is 9.25. The van der Waals surface area contributed by atoms with Gasteiger partial charge in [0.05, 0.1) is 37.5 Å². The first-order valence-corrected chi connectivity index (χ1v) is 6.93. The van der Waals surface area contributed by atoms with Crippen molar-refractivity contribution < 1.29 is 18.9 Å². The molecular weight excluding hydrogens is 314 g/mol. The van der Waals surface area contributed by atoms with Crippen molar-refractivity contribution in [2.75, 3.05) is 46.8 Å². The molecule has 0 radical (unpaired) electrons. The van der Waals surface area contributed by atoms with Crippen LogP contribution in [0.4, 0.5) is 0 Å². The number of pyridine rings is 1. The summed E-state index contributed by atoms with van der Waals surface area (Å²) >= 11 is 3.44. The fourth-order valence-electron chi connectivity index (χ4n) is 1.28. The number of rotatable bonds is 10. The van der Waals surface area contributed by atoms with Crippen molar-refractivity contribution in [1.82, 2.24) is 4.98 Å². The maximum Gasteiger partial charge on any atom is 0.228 e. The number of aryl methyl sites for hydroxylation is 1. The molecule has 0 aliphatic carbocycles. The molecule has 0 amide bonds. The van der Waals surface area contributed by atoms with E-state index in [9.17, 15) is 0 Å². The van der Waals surface area contributed by atoms with Crippen LogP contribution in [-0.2, 0) is 14.2 Å². The van der Waals surface area contributed by atoms with Gasteiger partial charge in [0.2, 0.25) is 5.88 Å². The standard InChI is InChI=1S/C13H20BrNO4/c1-11-3-4-15-13(12(11)14)19-10-9-18-8-7-17-6-5-16-2/h3-4H,5-10H2,1-2H3. The van der Waals surface area contributed by atoms with Crippen molar-refractivity contribution in [3.8, 4) is 5.88 Å². The first kappa shape index (κ1) is 16.4. The van der Waals surface area contributed by atoms with Crippen molar-refractivity contribution in [3.05, 3.63) is 22.3 Å². The van der Waals surface area contributed by atoms with Crippen molar-refractivity contribution in [2.45, 2.75) is 6.92 Å². The number of ether oxygens (including phenoxy) is 4. The summed E-state index contributed by atoms with van der Waals surface area (Å²) in [5, 5.41) is 0. The molecule has 0 atom stereocenters. The zero-order valence-electron chi connectivity index (χ0n) is 11.4. The normalized spacial score (nSPS) is 10.7. The molecule has 1 aromatic heterocycles. The van der Waals surface area contributed by atoms with Crippen molar-refractivity contribution >= 4 is 15.9 Å². The molecule has 5 nitrogen and oxygen atoms in total. The zero-order chi connectivity index (χ0) is 13.9. The first-order valence-electron chi connectivity index (χ1n) is 6.14. The Hall–Kier alpha value is -0.690. The van der Waals surface area contributed by atoms with Gasteiger partial charge in [0.15, 0.2) is 0 Å².